The number of amides is 1. The highest BCUT2D eigenvalue weighted by molar-refractivity contribution is 7.09. The van der Waals surface area contributed by atoms with Crippen LogP contribution in [0.1, 0.15) is 34.1 Å². The molecular formula is C16H28NO6P. The molecule has 0 saturated carbocycles. The lowest BCUT2D eigenvalue weighted by Crippen LogP contribution is -2.65. The number of hydrogen-bond donors (Lipinski definition) is 2. The van der Waals surface area contributed by atoms with E-state index in [0.29, 0.717) is 6.42 Å². The molecule has 1 aliphatic rings. The molecule has 0 aromatic carbocycles. The Balaban J connectivity index is 3.05. The third kappa shape index (κ3) is 5.52. The van der Waals surface area contributed by atoms with Crippen LogP contribution >= 0.6 is 9.47 Å². The molecule has 1 amide bonds. The van der Waals surface area contributed by atoms with Crippen LogP contribution in [0.2, 0.25) is 0 Å². The first-order chi connectivity index (χ1) is 11.1. The van der Waals surface area contributed by atoms with E-state index in [1.165, 1.54) is 6.92 Å². The second-order valence-corrected chi connectivity index (χ2v) is 7.24. The SMILES string of the molecule is C=CC[C@H]1OC(COP)[C@H](OC(=O)C(C)(C)C)[C@H](O)C1NC(C)=O. The van der Waals surface area contributed by atoms with Crippen LogP contribution in [0.15, 0.2) is 12.7 Å². The highest BCUT2D eigenvalue weighted by Gasteiger charge is 2.48. The third-order valence-corrected chi connectivity index (χ3v) is 3.90. The van der Waals surface area contributed by atoms with Crippen LogP contribution in [0.4, 0.5) is 0 Å². The van der Waals surface area contributed by atoms with Crippen LogP contribution in [0.3, 0.4) is 0 Å². The second kappa shape index (κ2) is 8.90. The highest BCUT2D eigenvalue weighted by atomic mass is 31.0. The Morgan fingerprint density at radius 3 is 2.46 bits per heavy atom. The molecule has 0 aliphatic carbocycles. The first-order valence-corrected chi connectivity index (χ1v) is 8.33. The summed E-state index contributed by atoms with van der Waals surface area (Å²) in [5, 5.41) is 13.4. The van der Waals surface area contributed by atoms with Crippen molar-refractivity contribution in [1.82, 2.24) is 5.32 Å². The van der Waals surface area contributed by atoms with Crippen molar-refractivity contribution in [3.63, 3.8) is 0 Å². The fourth-order valence-corrected chi connectivity index (χ4v) is 2.67. The quantitative estimate of drug-likeness (QED) is 0.416. The van der Waals surface area contributed by atoms with E-state index in [-0.39, 0.29) is 12.5 Å². The maximum atomic E-state index is 12.2. The molecule has 1 fully saturated rings. The van der Waals surface area contributed by atoms with E-state index in [9.17, 15) is 14.7 Å². The second-order valence-electron chi connectivity index (χ2n) is 6.91. The van der Waals surface area contributed by atoms with Gasteiger partial charge in [0.2, 0.25) is 5.91 Å². The molecule has 0 aromatic heterocycles. The zero-order chi connectivity index (χ0) is 18.5. The van der Waals surface area contributed by atoms with Gasteiger partial charge in [0.1, 0.15) is 12.2 Å². The smallest absolute Gasteiger partial charge is 0.311 e. The Hall–Kier alpha value is -1.01. The Morgan fingerprint density at radius 1 is 1.38 bits per heavy atom. The zero-order valence-corrected chi connectivity index (χ0v) is 15.8. The largest absolute Gasteiger partial charge is 0.456 e. The summed E-state index contributed by atoms with van der Waals surface area (Å²) in [5.41, 5.74) is -0.729. The van der Waals surface area contributed by atoms with Gasteiger partial charge in [-0.1, -0.05) is 6.08 Å². The molecule has 0 aromatic rings. The van der Waals surface area contributed by atoms with E-state index in [1.54, 1.807) is 26.8 Å². The number of rotatable bonds is 6. The van der Waals surface area contributed by atoms with Gasteiger partial charge in [-0.05, 0) is 27.2 Å². The van der Waals surface area contributed by atoms with Gasteiger partial charge in [0.25, 0.3) is 0 Å². The van der Waals surface area contributed by atoms with Crippen molar-refractivity contribution in [2.45, 2.75) is 64.6 Å². The minimum Gasteiger partial charge on any atom is -0.456 e. The Morgan fingerprint density at radius 2 is 2.00 bits per heavy atom. The molecule has 1 aliphatic heterocycles. The molecule has 7 nitrogen and oxygen atoms in total. The van der Waals surface area contributed by atoms with Crippen LogP contribution in [-0.2, 0) is 23.6 Å². The molecule has 0 spiro atoms. The monoisotopic (exact) mass is 361 g/mol. The van der Waals surface area contributed by atoms with Crippen molar-refractivity contribution < 1.29 is 28.7 Å². The Bertz CT molecular complexity index is 464. The van der Waals surface area contributed by atoms with Crippen molar-refractivity contribution in [3.8, 4) is 0 Å². The van der Waals surface area contributed by atoms with Gasteiger partial charge in [-0.25, -0.2) is 0 Å². The molecule has 1 saturated heterocycles. The van der Waals surface area contributed by atoms with Gasteiger partial charge >= 0.3 is 5.97 Å². The molecule has 6 atom stereocenters. The number of hydrogen-bond acceptors (Lipinski definition) is 6. The van der Waals surface area contributed by atoms with E-state index in [2.05, 4.69) is 21.4 Å². The number of aliphatic hydroxyl groups is 1. The molecule has 1 heterocycles. The fourth-order valence-electron chi connectivity index (χ4n) is 2.49. The minimum atomic E-state index is -1.12. The third-order valence-electron chi connectivity index (χ3n) is 3.71. The lowest BCUT2D eigenvalue weighted by Gasteiger charge is -2.44. The number of nitrogens with one attached hydrogen (secondary N) is 1. The summed E-state index contributed by atoms with van der Waals surface area (Å²) in [4.78, 5) is 23.7. The Kier molecular flexibility index (Phi) is 7.80. The summed E-state index contributed by atoms with van der Waals surface area (Å²) in [6, 6.07) is -0.709. The number of esters is 1. The summed E-state index contributed by atoms with van der Waals surface area (Å²) >= 11 is 0. The van der Waals surface area contributed by atoms with Gasteiger partial charge < -0.3 is 24.4 Å². The number of aliphatic hydroxyl groups excluding tert-OH is 1. The number of carbonyl (C=O) groups excluding carboxylic acids is 2. The van der Waals surface area contributed by atoms with Crippen molar-refractivity contribution >= 4 is 21.3 Å². The van der Waals surface area contributed by atoms with Crippen LogP contribution in [-0.4, -0.2) is 54.0 Å². The van der Waals surface area contributed by atoms with Crippen molar-refractivity contribution in [2.75, 3.05) is 6.61 Å². The van der Waals surface area contributed by atoms with Crippen LogP contribution in [0.5, 0.6) is 0 Å². The topological polar surface area (TPSA) is 94.1 Å². The lowest BCUT2D eigenvalue weighted by molar-refractivity contribution is -0.215. The van der Waals surface area contributed by atoms with E-state index in [0.717, 1.165) is 0 Å². The normalized spacial score (nSPS) is 30.5. The first-order valence-electron chi connectivity index (χ1n) is 7.86. The molecule has 8 heteroatoms. The van der Waals surface area contributed by atoms with E-state index < -0.39 is 41.8 Å². The van der Waals surface area contributed by atoms with Crippen molar-refractivity contribution in [1.29, 1.82) is 0 Å². The minimum absolute atomic E-state index is 0.115. The molecule has 24 heavy (non-hydrogen) atoms. The van der Waals surface area contributed by atoms with E-state index in [4.69, 9.17) is 14.0 Å². The van der Waals surface area contributed by atoms with Crippen molar-refractivity contribution in [3.05, 3.63) is 12.7 Å². The average molecular weight is 361 g/mol. The van der Waals surface area contributed by atoms with Gasteiger partial charge in [-0.2, -0.15) is 0 Å². The molecule has 2 N–H and O–H groups in total. The Labute approximate surface area is 145 Å². The fraction of sp³-hybridized carbons (Fsp3) is 0.750. The van der Waals surface area contributed by atoms with Gasteiger partial charge in [0, 0.05) is 16.4 Å². The predicted molar refractivity (Wildman–Crippen MR) is 92.1 cm³/mol. The summed E-state index contributed by atoms with van der Waals surface area (Å²) in [5.74, 6) is -0.772. The van der Waals surface area contributed by atoms with Gasteiger partial charge in [-0.3, -0.25) is 9.59 Å². The number of ether oxygens (including phenoxy) is 2. The first kappa shape index (κ1) is 21.0. The summed E-state index contributed by atoms with van der Waals surface area (Å²) in [7, 11) is 2.11. The van der Waals surface area contributed by atoms with E-state index >= 15 is 0 Å². The standard InChI is InChI=1S/C16H28NO6P/c1-6-7-10-12(17-9(2)18)13(19)14(11(22-10)8-21-24)23-15(20)16(3,4)5/h6,10-14,19H,1,7-8,24H2,2-5H3,(H,17,18)/t10-,11?,12?,13-,14+/m1/s1. The average Bonchev–Trinajstić information content (AvgIpc) is 2.46. The summed E-state index contributed by atoms with van der Waals surface area (Å²) in [6.45, 7) is 10.3. The van der Waals surface area contributed by atoms with Crippen LogP contribution in [0.25, 0.3) is 0 Å². The highest BCUT2D eigenvalue weighted by Crippen LogP contribution is 2.28. The van der Waals surface area contributed by atoms with Crippen molar-refractivity contribution in [2.24, 2.45) is 5.41 Å². The van der Waals surface area contributed by atoms with Crippen LogP contribution < -0.4 is 5.32 Å². The lowest BCUT2D eigenvalue weighted by atomic mass is 9.90. The maximum absolute atomic E-state index is 12.2. The molecule has 0 radical (unpaired) electrons. The summed E-state index contributed by atoms with van der Waals surface area (Å²) < 4.78 is 16.5. The van der Waals surface area contributed by atoms with Gasteiger partial charge in [0.15, 0.2) is 6.10 Å². The molecule has 138 valence electrons. The molecule has 3 unspecified atom stereocenters. The zero-order valence-electron chi connectivity index (χ0n) is 14.7. The maximum Gasteiger partial charge on any atom is 0.311 e. The van der Waals surface area contributed by atoms with E-state index in [1.807, 2.05) is 0 Å². The molecular weight excluding hydrogens is 333 g/mol. The van der Waals surface area contributed by atoms with Gasteiger partial charge in [0.05, 0.1) is 24.2 Å². The summed E-state index contributed by atoms with van der Waals surface area (Å²) in [6.07, 6.45) is -1.14. The number of carbonyl (C=O) groups is 2. The molecule has 1 rings (SSSR count). The van der Waals surface area contributed by atoms with Gasteiger partial charge in [-0.15, -0.1) is 6.58 Å². The van der Waals surface area contributed by atoms with Crippen LogP contribution in [0, 0.1) is 5.41 Å². The molecule has 0 bridgehead atoms. The predicted octanol–water partition coefficient (Wildman–Crippen LogP) is 0.960.